The van der Waals surface area contributed by atoms with E-state index >= 15 is 0 Å². The molecule has 1 unspecified atom stereocenters. The highest BCUT2D eigenvalue weighted by Crippen LogP contribution is 2.30. The van der Waals surface area contributed by atoms with E-state index in [1.807, 2.05) is 24.3 Å². The Balaban J connectivity index is 1.86. The number of unbranched alkanes of at least 4 members (excludes halogenated alkanes) is 2. The van der Waals surface area contributed by atoms with Crippen LogP contribution in [-0.4, -0.2) is 24.1 Å². The monoisotopic (exact) mass is 374 g/mol. The predicted octanol–water partition coefficient (Wildman–Crippen LogP) is 6.00. The summed E-state index contributed by atoms with van der Waals surface area (Å²) in [4.78, 5) is 5.04. The molecule has 0 saturated heterocycles. The average molecular weight is 375 g/mol. The summed E-state index contributed by atoms with van der Waals surface area (Å²) in [6.45, 7) is 4.45. The van der Waals surface area contributed by atoms with Crippen molar-refractivity contribution < 1.29 is 0 Å². The SMILES string of the molecule is CCCCC1=NC(CCCC)N(C)N1c1ccc(-c2ccccc2C#N)cc1. The minimum atomic E-state index is 0.228. The number of nitrogens with zero attached hydrogens (tertiary/aromatic N) is 4. The molecule has 1 atom stereocenters. The second kappa shape index (κ2) is 9.52. The summed E-state index contributed by atoms with van der Waals surface area (Å²) in [5.74, 6) is 1.16. The molecule has 0 amide bonds. The molecule has 1 aliphatic rings. The van der Waals surface area contributed by atoms with Crippen molar-refractivity contribution in [3.8, 4) is 17.2 Å². The molecule has 2 aromatic carbocycles. The average Bonchev–Trinajstić information content (AvgIpc) is 3.06. The number of benzene rings is 2. The highest BCUT2D eigenvalue weighted by molar-refractivity contribution is 5.98. The van der Waals surface area contributed by atoms with Crippen molar-refractivity contribution in [1.82, 2.24) is 5.01 Å². The van der Waals surface area contributed by atoms with Gasteiger partial charge < -0.3 is 0 Å². The van der Waals surface area contributed by atoms with E-state index in [0.717, 1.165) is 41.9 Å². The lowest BCUT2D eigenvalue weighted by atomic mass is 10.0. The summed E-state index contributed by atoms with van der Waals surface area (Å²) >= 11 is 0. The third kappa shape index (κ3) is 4.26. The van der Waals surface area contributed by atoms with Crippen LogP contribution < -0.4 is 5.01 Å². The molecule has 1 heterocycles. The third-order valence-corrected chi connectivity index (χ3v) is 5.33. The zero-order chi connectivity index (χ0) is 19.9. The first-order valence-electron chi connectivity index (χ1n) is 10.4. The number of hydrogen-bond donors (Lipinski definition) is 0. The zero-order valence-electron chi connectivity index (χ0n) is 17.2. The van der Waals surface area contributed by atoms with Crippen LogP contribution in [0.25, 0.3) is 11.1 Å². The molecule has 4 nitrogen and oxygen atoms in total. The van der Waals surface area contributed by atoms with Crippen LogP contribution in [0, 0.1) is 11.3 Å². The predicted molar refractivity (Wildman–Crippen MR) is 117 cm³/mol. The van der Waals surface area contributed by atoms with Gasteiger partial charge in [-0.25, -0.2) is 0 Å². The summed E-state index contributed by atoms with van der Waals surface area (Å²) in [6.07, 6.45) is 7.02. The lowest BCUT2D eigenvalue weighted by Crippen LogP contribution is -2.42. The summed E-state index contributed by atoms with van der Waals surface area (Å²) in [5, 5.41) is 13.9. The van der Waals surface area contributed by atoms with Gasteiger partial charge in [0.2, 0.25) is 0 Å². The molecule has 2 aromatic rings. The van der Waals surface area contributed by atoms with Crippen LogP contribution >= 0.6 is 0 Å². The number of anilines is 1. The Morgan fingerprint density at radius 3 is 2.39 bits per heavy atom. The van der Waals surface area contributed by atoms with Crippen LogP contribution in [0.4, 0.5) is 5.69 Å². The Kier molecular flexibility index (Phi) is 6.84. The van der Waals surface area contributed by atoms with Gasteiger partial charge in [0.25, 0.3) is 0 Å². The summed E-state index contributed by atoms with van der Waals surface area (Å²) < 4.78 is 0. The zero-order valence-corrected chi connectivity index (χ0v) is 17.2. The lowest BCUT2D eigenvalue weighted by Gasteiger charge is -2.30. The first-order valence-corrected chi connectivity index (χ1v) is 10.4. The van der Waals surface area contributed by atoms with Crippen LogP contribution in [0.1, 0.15) is 57.9 Å². The largest absolute Gasteiger partial charge is 0.259 e. The maximum Gasteiger partial charge on any atom is 0.121 e. The fourth-order valence-corrected chi connectivity index (χ4v) is 3.71. The van der Waals surface area contributed by atoms with Crippen LogP contribution in [-0.2, 0) is 0 Å². The molecule has 0 aromatic heterocycles. The molecule has 28 heavy (non-hydrogen) atoms. The molecule has 0 fully saturated rings. The van der Waals surface area contributed by atoms with Crippen molar-refractivity contribution in [1.29, 1.82) is 5.26 Å². The molecular weight excluding hydrogens is 344 g/mol. The summed E-state index contributed by atoms with van der Waals surface area (Å²) in [5.41, 5.74) is 3.89. The first-order chi connectivity index (χ1) is 13.7. The molecule has 0 saturated carbocycles. The van der Waals surface area contributed by atoms with Crippen LogP contribution in [0.5, 0.6) is 0 Å². The van der Waals surface area contributed by atoms with E-state index in [1.165, 1.54) is 19.3 Å². The molecule has 146 valence electrons. The van der Waals surface area contributed by atoms with Crippen molar-refractivity contribution in [2.75, 3.05) is 12.1 Å². The van der Waals surface area contributed by atoms with Gasteiger partial charge in [0.15, 0.2) is 0 Å². The van der Waals surface area contributed by atoms with Gasteiger partial charge in [-0.1, -0.05) is 63.4 Å². The number of hydrogen-bond acceptors (Lipinski definition) is 4. The van der Waals surface area contributed by atoms with Gasteiger partial charge in [-0.05, 0) is 42.2 Å². The Labute approximate surface area is 169 Å². The number of amidine groups is 1. The molecule has 1 aliphatic heterocycles. The molecule has 0 radical (unpaired) electrons. The van der Waals surface area contributed by atoms with Crippen LogP contribution in [0.2, 0.25) is 0 Å². The van der Waals surface area contributed by atoms with E-state index in [9.17, 15) is 5.26 Å². The minimum absolute atomic E-state index is 0.228. The Bertz CT molecular complexity index is 848. The second-order valence-electron chi connectivity index (χ2n) is 7.36. The topological polar surface area (TPSA) is 42.6 Å². The van der Waals surface area contributed by atoms with Gasteiger partial charge in [-0.2, -0.15) is 10.3 Å². The number of aliphatic imine (C=N–C) groups is 1. The minimum Gasteiger partial charge on any atom is -0.259 e. The second-order valence-corrected chi connectivity index (χ2v) is 7.36. The van der Waals surface area contributed by atoms with E-state index in [1.54, 1.807) is 0 Å². The van der Waals surface area contributed by atoms with Gasteiger partial charge in [0.05, 0.1) is 17.3 Å². The third-order valence-electron chi connectivity index (χ3n) is 5.33. The van der Waals surface area contributed by atoms with Crippen molar-refractivity contribution in [3.63, 3.8) is 0 Å². The highest BCUT2D eigenvalue weighted by atomic mass is 15.7. The summed E-state index contributed by atoms with van der Waals surface area (Å²) in [6, 6.07) is 18.5. The maximum absolute atomic E-state index is 9.38. The van der Waals surface area contributed by atoms with Crippen molar-refractivity contribution in [3.05, 3.63) is 54.1 Å². The normalized spacial score (nSPS) is 16.9. The highest BCUT2D eigenvalue weighted by Gasteiger charge is 2.31. The van der Waals surface area contributed by atoms with E-state index in [4.69, 9.17) is 4.99 Å². The van der Waals surface area contributed by atoms with Gasteiger partial charge in [-0.15, -0.1) is 0 Å². The first kappa shape index (κ1) is 20.1. The standard InChI is InChI=1S/C24H30N4/c1-4-6-12-23-26-24(13-7-5-2)28(27(23)3)21-16-14-19(15-17-21)22-11-9-8-10-20(22)18-25/h8-11,14-17,23H,4-7,12-13H2,1-3H3. The van der Waals surface area contributed by atoms with Crippen molar-refractivity contribution in [2.24, 2.45) is 4.99 Å². The van der Waals surface area contributed by atoms with E-state index in [-0.39, 0.29) is 6.17 Å². The van der Waals surface area contributed by atoms with E-state index in [0.29, 0.717) is 5.56 Å². The molecule has 3 rings (SSSR count). The number of hydrazine groups is 1. The van der Waals surface area contributed by atoms with Gasteiger partial charge in [0, 0.05) is 13.5 Å². The maximum atomic E-state index is 9.38. The number of rotatable bonds is 8. The van der Waals surface area contributed by atoms with Gasteiger partial charge in [-0.3, -0.25) is 10.0 Å². The molecular formula is C24H30N4. The van der Waals surface area contributed by atoms with Crippen LogP contribution in [0.15, 0.2) is 53.5 Å². The fraction of sp³-hybridized carbons (Fsp3) is 0.417. The van der Waals surface area contributed by atoms with Gasteiger partial charge in [0.1, 0.15) is 12.0 Å². The Morgan fingerprint density at radius 1 is 1.00 bits per heavy atom. The molecule has 0 aliphatic carbocycles. The van der Waals surface area contributed by atoms with Crippen molar-refractivity contribution in [2.45, 2.75) is 58.5 Å². The quantitative estimate of drug-likeness (QED) is 0.569. The summed E-state index contributed by atoms with van der Waals surface area (Å²) in [7, 11) is 2.14. The molecule has 0 N–H and O–H groups in total. The number of nitriles is 1. The van der Waals surface area contributed by atoms with Crippen molar-refractivity contribution >= 4 is 11.5 Å². The van der Waals surface area contributed by atoms with E-state index in [2.05, 4.69) is 61.2 Å². The molecule has 0 spiro atoms. The van der Waals surface area contributed by atoms with Crippen LogP contribution in [0.3, 0.4) is 0 Å². The Morgan fingerprint density at radius 2 is 1.71 bits per heavy atom. The smallest absolute Gasteiger partial charge is 0.121 e. The van der Waals surface area contributed by atoms with E-state index < -0.39 is 0 Å². The molecule has 4 heteroatoms. The molecule has 0 bridgehead atoms. The lowest BCUT2D eigenvalue weighted by molar-refractivity contribution is 0.265. The van der Waals surface area contributed by atoms with Gasteiger partial charge >= 0.3 is 0 Å². The Hall–Kier alpha value is -2.64. The fourth-order valence-electron chi connectivity index (χ4n) is 3.71.